The smallest absolute Gasteiger partial charge is 0.253 e. The average Bonchev–Trinajstić information content (AvgIpc) is 3.02. The largest absolute Gasteiger partial charge is 0.497 e. The zero-order chi connectivity index (χ0) is 19.7. The van der Waals surface area contributed by atoms with Gasteiger partial charge in [0.05, 0.1) is 18.7 Å². The minimum atomic E-state index is -0.305. The van der Waals surface area contributed by atoms with E-state index in [1.807, 2.05) is 84.9 Å². The van der Waals surface area contributed by atoms with E-state index in [4.69, 9.17) is 16.3 Å². The fourth-order valence-electron chi connectivity index (χ4n) is 3.73. The molecule has 0 aromatic heterocycles. The Labute approximate surface area is 169 Å². The molecule has 1 aliphatic heterocycles. The molecule has 5 heteroatoms. The maximum absolute atomic E-state index is 13.4. The lowest BCUT2D eigenvalue weighted by atomic mass is 9.93. The predicted molar refractivity (Wildman–Crippen MR) is 112 cm³/mol. The zero-order valence-corrected chi connectivity index (χ0v) is 16.6. The minimum absolute atomic E-state index is 0.0360. The molecule has 3 aromatic rings. The van der Waals surface area contributed by atoms with Crippen LogP contribution in [0.3, 0.4) is 0 Å². The van der Waals surface area contributed by atoms with E-state index in [9.17, 15) is 4.79 Å². The minimum Gasteiger partial charge on any atom is -0.497 e. The number of halogens is 1. The van der Waals surface area contributed by atoms with Gasteiger partial charge in [-0.1, -0.05) is 60.1 Å². The van der Waals surface area contributed by atoms with Gasteiger partial charge in [-0.05, 0) is 41.0 Å². The first-order valence-corrected chi connectivity index (χ1v) is 9.49. The number of carbonyl (C=O) groups excluding carboxylic acids is 1. The van der Waals surface area contributed by atoms with Crippen LogP contribution >= 0.6 is 11.6 Å². The number of rotatable bonds is 5. The number of nitrogens with zero attached hydrogens (tertiary/aromatic N) is 2. The molecule has 3 aromatic carbocycles. The molecular formula is C23H21ClN2O2. The Bertz CT molecular complexity index is 1010. The highest BCUT2D eigenvalue weighted by molar-refractivity contribution is 6.31. The van der Waals surface area contributed by atoms with Crippen LogP contribution in [0.15, 0.2) is 72.8 Å². The number of hydrogen-bond donors (Lipinski definition) is 0. The maximum atomic E-state index is 13.4. The van der Waals surface area contributed by atoms with E-state index in [2.05, 4.69) is 0 Å². The summed E-state index contributed by atoms with van der Waals surface area (Å²) in [4.78, 5) is 13.4. The number of ether oxygens (including phenoxy) is 1. The Morgan fingerprint density at radius 2 is 1.75 bits per heavy atom. The number of para-hydroxylation sites is 1. The van der Waals surface area contributed by atoms with E-state index in [0.29, 0.717) is 11.6 Å². The molecule has 4 nitrogen and oxygen atoms in total. The van der Waals surface area contributed by atoms with Crippen molar-refractivity contribution in [3.63, 3.8) is 0 Å². The first kappa shape index (κ1) is 18.5. The summed E-state index contributed by atoms with van der Waals surface area (Å²) < 4.78 is 5.31. The molecule has 142 valence electrons. The average molecular weight is 393 g/mol. The van der Waals surface area contributed by atoms with Crippen LogP contribution in [0.5, 0.6) is 5.75 Å². The SMILES string of the molecule is COc1ccc(Cl)c(CN(C)N2C(=O)[C@H](c3ccccc3)c3ccccc32)c1. The second-order valence-electron chi connectivity index (χ2n) is 6.83. The molecule has 0 bridgehead atoms. The van der Waals surface area contributed by atoms with Crippen molar-refractivity contribution in [2.24, 2.45) is 0 Å². The number of amides is 1. The fourth-order valence-corrected chi connectivity index (χ4v) is 3.91. The molecule has 1 heterocycles. The van der Waals surface area contributed by atoms with Crippen molar-refractivity contribution < 1.29 is 9.53 Å². The topological polar surface area (TPSA) is 32.8 Å². The van der Waals surface area contributed by atoms with Crippen molar-refractivity contribution in [2.75, 3.05) is 19.2 Å². The first-order chi connectivity index (χ1) is 13.6. The van der Waals surface area contributed by atoms with Crippen molar-refractivity contribution in [1.29, 1.82) is 0 Å². The van der Waals surface area contributed by atoms with Gasteiger partial charge >= 0.3 is 0 Å². The van der Waals surface area contributed by atoms with Gasteiger partial charge in [0, 0.05) is 18.6 Å². The highest BCUT2D eigenvalue weighted by Gasteiger charge is 2.40. The van der Waals surface area contributed by atoms with E-state index in [1.165, 1.54) is 0 Å². The zero-order valence-electron chi connectivity index (χ0n) is 15.8. The molecule has 0 saturated carbocycles. The van der Waals surface area contributed by atoms with Crippen molar-refractivity contribution in [2.45, 2.75) is 12.5 Å². The third-order valence-electron chi connectivity index (χ3n) is 5.06. The highest BCUT2D eigenvalue weighted by Crippen LogP contribution is 2.42. The summed E-state index contributed by atoms with van der Waals surface area (Å²) in [6.45, 7) is 0.484. The van der Waals surface area contributed by atoms with Gasteiger partial charge in [0.2, 0.25) is 0 Å². The standard InChI is InChI=1S/C23H21ClN2O2/c1-25(15-17-14-18(28-2)12-13-20(17)24)26-21-11-7-6-10-19(21)22(23(26)27)16-8-4-3-5-9-16/h3-14,22H,15H2,1-2H3/t22-/m1/s1. The van der Waals surface area contributed by atoms with Crippen LogP contribution in [-0.2, 0) is 11.3 Å². The van der Waals surface area contributed by atoms with Crippen molar-refractivity contribution >= 4 is 23.2 Å². The fraction of sp³-hybridized carbons (Fsp3) is 0.174. The van der Waals surface area contributed by atoms with Crippen LogP contribution in [0.4, 0.5) is 5.69 Å². The second kappa shape index (κ2) is 7.66. The Balaban J connectivity index is 1.69. The van der Waals surface area contributed by atoms with E-state index in [-0.39, 0.29) is 11.8 Å². The molecule has 0 spiro atoms. The number of anilines is 1. The molecule has 0 unspecified atom stereocenters. The van der Waals surface area contributed by atoms with Crippen molar-refractivity contribution in [3.05, 3.63) is 94.5 Å². The molecule has 0 radical (unpaired) electrons. The summed E-state index contributed by atoms with van der Waals surface area (Å²) in [6, 6.07) is 23.4. The molecule has 1 aliphatic rings. The van der Waals surface area contributed by atoms with Gasteiger partial charge in [-0.3, -0.25) is 4.79 Å². The maximum Gasteiger partial charge on any atom is 0.253 e. The molecule has 0 fully saturated rings. The number of hydrogen-bond acceptors (Lipinski definition) is 3. The number of carbonyl (C=O) groups is 1. The van der Waals surface area contributed by atoms with Gasteiger partial charge in [-0.25, -0.2) is 10.0 Å². The molecule has 1 atom stereocenters. The number of benzene rings is 3. The predicted octanol–water partition coefficient (Wildman–Crippen LogP) is 4.87. The number of methoxy groups -OCH3 is 1. The van der Waals surface area contributed by atoms with Crippen molar-refractivity contribution in [3.8, 4) is 5.75 Å². The lowest BCUT2D eigenvalue weighted by Gasteiger charge is -2.29. The van der Waals surface area contributed by atoms with Crippen molar-refractivity contribution in [1.82, 2.24) is 5.01 Å². The summed E-state index contributed by atoms with van der Waals surface area (Å²) in [5, 5.41) is 4.31. The van der Waals surface area contributed by atoms with E-state index < -0.39 is 0 Å². The van der Waals surface area contributed by atoms with E-state index in [0.717, 1.165) is 28.1 Å². The van der Waals surface area contributed by atoms with Crippen LogP contribution in [0.1, 0.15) is 22.6 Å². The van der Waals surface area contributed by atoms with E-state index in [1.54, 1.807) is 12.1 Å². The monoisotopic (exact) mass is 392 g/mol. The summed E-state index contributed by atoms with van der Waals surface area (Å²) >= 11 is 6.38. The summed E-state index contributed by atoms with van der Waals surface area (Å²) in [6.07, 6.45) is 0. The normalized spacial score (nSPS) is 15.8. The van der Waals surface area contributed by atoms with Crippen LogP contribution in [0, 0.1) is 0 Å². The first-order valence-electron chi connectivity index (χ1n) is 9.11. The third kappa shape index (κ3) is 3.26. The summed E-state index contributed by atoms with van der Waals surface area (Å²) in [5.74, 6) is 0.470. The Morgan fingerprint density at radius 3 is 2.50 bits per heavy atom. The molecule has 1 amide bonds. The summed E-state index contributed by atoms with van der Waals surface area (Å²) in [5.41, 5.74) is 3.82. The lowest BCUT2D eigenvalue weighted by Crippen LogP contribution is -2.42. The van der Waals surface area contributed by atoms with Crippen LogP contribution < -0.4 is 9.75 Å². The highest BCUT2D eigenvalue weighted by atomic mass is 35.5. The summed E-state index contributed by atoms with van der Waals surface area (Å²) in [7, 11) is 3.53. The Hall–Kier alpha value is -2.82. The van der Waals surface area contributed by atoms with Gasteiger partial charge in [-0.2, -0.15) is 0 Å². The Morgan fingerprint density at radius 1 is 1.04 bits per heavy atom. The number of fused-ring (bicyclic) bond motifs is 1. The van der Waals surface area contributed by atoms with Gasteiger partial charge in [0.15, 0.2) is 0 Å². The molecule has 28 heavy (non-hydrogen) atoms. The van der Waals surface area contributed by atoms with Crippen LogP contribution in [0.25, 0.3) is 0 Å². The molecular weight excluding hydrogens is 372 g/mol. The lowest BCUT2D eigenvalue weighted by molar-refractivity contribution is -0.121. The quantitative estimate of drug-likeness (QED) is 0.620. The van der Waals surface area contributed by atoms with Gasteiger partial charge in [-0.15, -0.1) is 0 Å². The van der Waals surface area contributed by atoms with Gasteiger partial charge in [0.25, 0.3) is 5.91 Å². The van der Waals surface area contributed by atoms with Gasteiger partial charge in [0.1, 0.15) is 5.75 Å². The van der Waals surface area contributed by atoms with Crippen LogP contribution in [-0.4, -0.2) is 25.1 Å². The third-order valence-corrected chi connectivity index (χ3v) is 5.43. The number of hydrazine groups is 1. The molecule has 0 N–H and O–H groups in total. The Kier molecular flexibility index (Phi) is 5.07. The molecule has 0 aliphatic carbocycles. The molecule has 0 saturated heterocycles. The molecule has 4 rings (SSSR count). The van der Waals surface area contributed by atoms with Crippen LogP contribution in [0.2, 0.25) is 5.02 Å². The van der Waals surface area contributed by atoms with E-state index >= 15 is 0 Å². The second-order valence-corrected chi connectivity index (χ2v) is 7.23. The van der Waals surface area contributed by atoms with Gasteiger partial charge < -0.3 is 4.74 Å².